The highest BCUT2D eigenvalue weighted by molar-refractivity contribution is 5.83. The van der Waals surface area contributed by atoms with Crippen molar-refractivity contribution in [1.29, 1.82) is 0 Å². The Kier molecular flexibility index (Phi) is 10.5. The average Bonchev–Trinajstić information content (AvgIpc) is 3.54. The zero-order chi connectivity index (χ0) is 36.1. The van der Waals surface area contributed by atoms with Gasteiger partial charge in [0.15, 0.2) is 17.1 Å². The highest BCUT2D eigenvalue weighted by atomic mass is 19.4. The van der Waals surface area contributed by atoms with Gasteiger partial charge in [-0.3, -0.25) is 9.59 Å². The number of nitrogens with zero attached hydrogens (tertiary/aromatic N) is 4. The molecule has 2 aromatic heterocycles. The van der Waals surface area contributed by atoms with Gasteiger partial charge in [0.2, 0.25) is 5.91 Å². The predicted molar refractivity (Wildman–Crippen MR) is 186 cm³/mol. The van der Waals surface area contributed by atoms with Crippen LogP contribution in [0.25, 0.3) is 22.0 Å². The van der Waals surface area contributed by atoms with Gasteiger partial charge in [0.1, 0.15) is 6.54 Å². The van der Waals surface area contributed by atoms with E-state index < -0.39 is 23.4 Å². The lowest BCUT2D eigenvalue weighted by molar-refractivity contribution is -0.137. The monoisotopic (exact) mass is 698 g/mol. The molecule has 6 rings (SSSR count). The van der Waals surface area contributed by atoms with Crippen molar-refractivity contribution in [2.24, 2.45) is 7.05 Å². The first-order valence-electron chi connectivity index (χ1n) is 16.5. The fraction of sp³-hybridized carbons (Fsp3) is 0.225. The molecule has 262 valence electrons. The molecule has 4 aromatic carbocycles. The number of rotatable bonds is 12. The van der Waals surface area contributed by atoms with E-state index in [2.05, 4.69) is 4.98 Å². The van der Waals surface area contributed by atoms with Crippen LogP contribution in [0.5, 0.6) is 0 Å². The molecule has 6 nitrogen and oxygen atoms in total. The normalized spacial score (nSPS) is 11.6. The molecular weight excluding hydrogens is 663 g/mol. The number of benzene rings is 4. The summed E-state index contributed by atoms with van der Waals surface area (Å²) in [5, 5.41) is 0.437. The summed E-state index contributed by atoms with van der Waals surface area (Å²) in [6, 6.07) is 24.7. The van der Waals surface area contributed by atoms with Crippen LogP contribution < -0.4 is 5.43 Å². The van der Waals surface area contributed by atoms with Crippen molar-refractivity contribution in [2.45, 2.75) is 44.9 Å². The van der Waals surface area contributed by atoms with Crippen LogP contribution >= 0.6 is 0 Å². The number of hydrogen-bond acceptors (Lipinski definition) is 3. The highest BCUT2D eigenvalue weighted by Gasteiger charge is 2.30. The minimum absolute atomic E-state index is 0.102. The van der Waals surface area contributed by atoms with E-state index in [9.17, 15) is 31.5 Å². The summed E-state index contributed by atoms with van der Waals surface area (Å²) in [5.41, 5.74) is 3.38. The number of halogens is 5. The second-order valence-corrected chi connectivity index (χ2v) is 12.5. The van der Waals surface area contributed by atoms with Crippen molar-refractivity contribution in [3.05, 3.63) is 160 Å². The Hall–Kier alpha value is -5.58. The summed E-state index contributed by atoms with van der Waals surface area (Å²) in [4.78, 5) is 33.5. The van der Waals surface area contributed by atoms with Crippen LogP contribution in [0.4, 0.5) is 22.0 Å². The zero-order valence-electron chi connectivity index (χ0n) is 27.8. The lowest BCUT2D eigenvalue weighted by atomic mass is 10.0. The number of para-hydroxylation sites is 1. The van der Waals surface area contributed by atoms with Crippen LogP contribution in [-0.2, 0) is 50.4 Å². The Balaban J connectivity index is 1.26. The first-order valence-corrected chi connectivity index (χ1v) is 16.5. The fourth-order valence-electron chi connectivity index (χ4n) is 6.23. The molecule has 0 N–H and O–H groups in total. The lowest BCUT2D eigenvalue weighted by Crippen LogP contribution is -2.35. The number of aromatic nitrogens is 3. The minimum atomic E-state index is -4.42. The predicted octanol–water partition coefficient (Wildman–Crippen LogP) is 8.15. The number of pyridine rings is 1. The smallest absolute Gasteiger partial charge is 0.340 e. The van der Waals surface area contributed by atoms with E-state index in [0.717, 1.165) is 35.0 Å². The number of aryl methyl sites for hydroxylation is 4. The third-order valence-corrected chi connectivity index (χ3v) is 8.93. The van der Waals surface area contributed by atoms with Crippen molar-refractivity contribution in [1.82, 2.24) is 19.0 Å². The zero-order valence-corrected chi connectivity index (χ0v) is 27.8. The molecule has 0 unspecified atom stereocenters. The number of amides is 1. The molecule has 0 atom stereocenters. The molecular formula is C40H35F5N4O2. The number of carbonyl (C=O) groups is 1. The summed E-state index contributed by atoms with van der Waals surface area (Å²) in [5.74, 6) is -2.10. The molecule has 0 saturated carbocycles. The van der Waals surface area contributed by atoms with Gasteiger partial charge in [0.25, 0.3) is 0 Å². The standard InChI is InChI=1S/C40H35F5N4O2/c1-47-24-32(46-26-47)7-5-21-48(23-27-11-13-28(14-12-27)29-15-18-31(19-16-29)40(43,44)45)38(51)25-49-33(20-17-30-6-4-9-35(41)39(30)42)22-37(50)34-8-2-3-10-36(34)49/h2-4,6,8-16,18-19,22,24,26H,5,7,17,20-21,23,25H2,1H3. The van der Waals surface area contributed by atoms with Gasteiger partial charge in [-0.25, -0.2) is 13.8 Å². The van der Waals surface area contributed by atoms with E-state index in [1.807, 2.05) is 42.1 Å². The van der Waals surface area contributed by atoms with Crippen LogP contribution in [0.3, 0.4) is 0 Å². The molecule has 0 spiro atoms. The summed E-state index contributed by atoms with van der Waals surface area (Å²) >= 11 is 0. The van der Waals surface area contributed by atoms with E-state index in [-0.39, 0.29) is 42.8 Å². The molecule has 0 aliphatic carbocycles. The minimum Gasteiger partial charge on any atom is -0.340 e. The molecule has 2 heterocycles. The lowest BCUT2D eigenvalue weighted by Gasteiger charge is -2.25. The summed E-state index contributed by atoms with van der Waals surface area (Å²) < 4.78 is 71.3. The quantitative estimate of drug-likeness (QED) is 0.121. The van der Waals surface area contributed by atoms with E-state index in [1.54, 1.807) is 40.1 Å². The second kappa shape index (κ2) is 15.1. The summed E-state index contributed by atoms with van der Waals surface area (Å²) in [6.45, 7) is 0.559. The van der Waals surface area contributed by atoms with Gasteiger partial charge in [0, 0.05) is 43.5 Å². The Bertz CT molecular complexity index is 2210. The molecule has 0 fully saturated rings. The third-order valence-electron chi connectivity index (χ3n) is 8.93. The van der Waals surface area contributed by atoms with Gasteiger partial charge in [-0.1, -0.05) is 60.7 Å². The average molecular weight is 699 g/mol. The molecule has 6 aromatic rings. The maximum Gasteiger partial charge on any atom is 0.416 e. The van der Waals surface area contributed by atoms with Crippen LogP contribution in [0.1, 0.15) is 34.5 Å². The first kappa shape index (κ1) is 35.3. The summed E-state index contributed by atoms with van der Waals surface area (Å²) in [7, 11) is 1.88. The van der Waals surface area contributed by atoms with E-state index in [1.165, 1.54) is 30.3 Å². The van der Waals surface area contributed by atoms with Gasteiger partial charge in [0.05, 0.1) is 23.1 Å². The van der Waals surface area contributed by atoms with Gasteiger partial charge in [-0.2, -0.15) is 13.2 Å². The highest BCUT2D eigenvalue weighted by Crippen LogP contribution is 2.31. The van der Waals surface area contributed by atoms with Gasteiger partial charge < -0.3 is 14.0 Å². The first-order chi connectivity index (χ1) is 24.5. The Labute approximate surface area is 291 Å². The number of imidazole rings is 1. The van der Waals surface area contributed by atoms with Crippen molar-refractivity contribution < 1.29 is 26.7 Å². The SMILES string of the molecule is Cn1cnc(CCCN(Cc2ccc(-c3ccc(C(F)(F)F)cc3)cc2)C(=O)Cn2c(CCc3cccc(F)c3F)cc(=O)c3ccccc32)c1. The Morgan fingerprint density at radius 3 is 2.24 bits per heavy atom. The van der Waals surface area contributed by atoms with E-state index in [4.69, 9.17) is 0 Å². The van der Waals surface area contributed by atoms with Crippen molar-refractivity contribution in [2.75, 3.05) is 6.54 Å². The number of carbonyl (C=O) groups excluding carboxylic acids is 1. The molecule has 0 aliphatic heterocycles. The van der Waals surface area contributed by atoms with Crippen LogP contribution in [0.2, 0.25) is 0 Å². The van der Waals surface area contributed by atoms with Gasteiger partial charge >= 0.3 is 6.18 Å². The molecule has 1 amide bonds. The largest absolute Gasteiger partial charge is 0.416 e. The van der Waals surface area contributed by atoms with E-state index >= 15 is 0 Å². The Morgan fingerprint density at radius 2 is 1.55 bits per heavy atom. The maximum absolute atomic E-state index is 14.5. The topological polar surface area (TPSA) is 60.1 Å². The number of alkyl halides is 3. The maximum atomic E-state index is 14.5. The second-order valence-electron chi connectivity index (χ2n) is 12.5. The van der Waals surface area contributed by atoms with Crippen molar-refractivity contribution >= 4 is 16.8 Å². The van der Waals surface area contributed by atoms with Gasteiger partial charge in [-0.15, -0.1) is 0 Å². The molecule has 0 aliphatic rings. The molecule has 0 saturated heterocycles. The molecule has 0 radical (unpaired) electrons. The van der Waals surface area contributed by atoms with Gasteiger partial charge in [-0.05, 0) is 78.3 Å². The van der Waals surface area contributed by atoms with Crippen LogP contribution in [0, 0.1) is 11.6 Å². The third kappa shape index (κ3) is 8.42. The van der Waals surface area contributed by atoms with Crippen LogP contribution in [-0.4, -0.2) is 31.5 Å². The molecule has 51 heavy (non-hydrogen) atoms. The van der Waals surface area contributed by atoms with E-state index in [0.29, 0.717) is 41.5 Å². The molecule has 11 heteroatoms. The fourth-order valence-corrected chi connectivity index (χ4v) is 6.23. The van der Waals surface area contributed by atoms with Crippen molar-refractivity contribution in [3.63, 3.8) is 0 Å². The number of fused-ring (bicyclic) bond motifs is 1. The number of hydrogen-bond donors (Lipinski definition) is 0. The summed E-state index contributed by atoms with van der Waals surface area (Å²) in [6.07, 6.45) is 0.803. The Morgan fingerprint density at radius 1 is 0.843 bits per heavy atom. The van der Waals surface area contributed by atoms with Crippen molar-refractivity contribution in [3.8, 4) is 11.1 Å². The molecule has 0 bridgehead atoms. The van der Waals surface area contributed by atoms with Crippen LogP contribution in [0.15, 0.2) is 114 Å².